The van der Waals surface area contributed by atoms with Crippen molar-refractivity contribution in [2.24, 2.45) is 15.7 Å². The Kier molecular flexibility index (Phi) is 6.15. The van der Waals surface area contributed by atoms with E-state index in [-0.39, 0.29) is 6.61 Å². The molecule has 1 aromatic heterocycles. The first kappa shape index (κ1) is 16.2. The Morgan fingerprint density at radius 1 is 1.36 bits per heavy atom. The summed E-state index contributed by atoms with van der Waals surface area (Å²) < 4.78 is 0. The average molecular weight is 300 g/mol. The van der Waals surface area contributed by atoms with Crippen LogP contribution in [0.1, 0.15) is 37.3 Å². The van der Waals surface area contributed by atoms with E-state index >= 15 is 0 Å². The van der Waals surface area contributed by atoms with Crippen molar-refractivity contribution in [3.8, 4) is 0 Å². The summed E-state index contributed by atoms with van der Waals surface area (Å²) in [6.07, 6.45) is 7.15. The first-order valence-electron chi connectivity index (χ1n) is 7.74. The minimum atomic E-state index is 0.0368. The van der Waals surface area contributed by atoms with Crippen molar-refractivity contribution in [1.29, 1.82) is 0 Å². The van der Waals surface area contributed by atoms with Crippen LogP contribution in [0.2, 0.25) is 0 Å². The lowest BCUT2D eigenvalue weighted by Crippen LogP contribution is -2.16. The zero-order valence-electron chi connectivity index (χ0n) is 13.0. The molecule has 0 aliphatic rings. The van der Waals surface area contributed by atoms with Crippen LogP contribution in [0.15, 0.2) is 34.4 Å². The van der Waals surface area contributed by atoms with Crippen molar-refractivity contribution in [3.63, 3.8) is 0 Å². The summed E-state index contributed by atoms with van der Waals surface area (Å²) in [6, 6.07) is 5.83. The fourth-order valence-electron chi connectivity index (χ4n) is 2.27. The highest BCUT2D eigenvalue weighted by molar-refractivity contribution is 5.99. The lowest BCUT2D eigenvalue weighted by atomic mass is 10.1. The molecule has 0 spiro atoms. The Morgan fingerprint density at radius 3 is 3.00 bits per heavy atom. The van der Waals surface area contributed by atoms with Crippen LogP contribution in [0.5, 0.6) is 0 Å². The number of nitrogens with two attached hydrogens (primary N) is 1. The van der Waals surface area contributed by atoms with Gasteiger partial charge in [-0.2, -0.15) is 0 Å². The second-order valence-electron chi connectivity index (χ2n) is 5.33. The first-order valence-corrected chi connectivity index (χ1v) is 7.74. The zero-order valence-corrected chi connectivity index (χ0v) is 13.0. The van der Waals surface area contributed by atoms with Crippen LogP contribution in [0, 0.1) is 0 Å². The van der Waals surface area contributed by atoms with Crippen LogP contribution in [-0.2, 0) is 6.61 Å². The molecule has 0 aliphatic heterocycles. The predicted molar refractivity (Wildman–Crippen MR) is 92.7 cm³/mol. The number of rotatable bonds is 8. The Labute approximate surface area is 131 Å². The summed E-state index contributed by atoms with van der Waals surface area (Å²) >= 11 is 0. The molecule has 5 nitrogen and oxygen atoms in total. The van der Waals surface area contributed by atoms with Gasteiger partial charge in [0, 0.05) is 35.4 Å². The van der Waals surface area contributed by atoms with E-state index in [1.807, 2.05) is 24.4 Å². The topological polar surface area (TPSA) is 86.8 Å². The maximum atomic E-state index is 9.22. The number of benzene rings is 1. The molecule has 22 heavy (non-hydrogen) atoms. The molecule has 2 aromatic rings. The molecule has 1 aromatic carbocycles. The van der Waals surface area contributed by atoms with Crippen molar-refractivity contribution in [2.45, 2.75) is 32.8 Å². The molecular formula is C17H24N4O. The molecular weight excluding hydrogens is 276 g/mol. The highest BCUT2D eigenvalue weighted by atomic mass is 16.3. The van der Waals surface area contributed by atoms with E-state index in [1.165, 1.54) is 12.8 Å². The van der Waals surface area contributed by atoms with Gasteiger partial charge < -0.3 is 15.8 Å². The molecule has 0 aliphatic carbocycles. The van der Waals surface area contributed by atoms with Crippen LogP contribution >= 0.6 is 0 Å². The number of nitrogens with one attached hydrogen (secondary N) is 1. The third-order valence-corrected chi connectivity index (χ3v) is 3.52. The molecule has 0 bridgehead atoms. The van der Waals surface area contributed by atoms with Crippen LogP contribution in [-0.4, -0.2) is 35.2 Å². The smallest absolute Gasteiger partial charge is 0.115 e. The lowest BCUT2D eigenvalue weighted by molar-refractivity contribution is 0.282. The minimum absolute atomic E-state index is 0.0368. The van der Waals surface area contributed by atoms with Gasteiger partial charge in [0.1, 0.15) is 5.84 Å². The third-order valence-electron chi connectivity index (χ3n) is 3.52. The van der Waals surface area contributed by atoms with Gasteiger partial charge in [-0.05, 0) is 24.1 Å². The van der Waals surface area contributed by atoms with E-state index in [0.717, 1.165) is 35.0 Å². The number of nitrogens with zero attached hydrogens (tertiary/aromatic N) is 2. The van der Waals surface area contributed by atoms with Gasteiger partial charge in [0.2, 0.25) is 0 Å². The van der Waals surface area contributed by atoms with Gasteiger partial charge in [0.25, 0.3) is 0 Å². The fraction of sp³-hybridized carbons (Fsp3) is 0.412. The van der Waals surface area contributed by atoms with E-state index in [0.29, 0.717) is 12.4 Å². The number of aliphatic hydroxyl groups excluding tert-OH is 1. The highest BCUT2D eigenvalue weighted by Gasteiger charge is 2.02. The maximum absolute atomic E-state index is 9.22. The molecule has 2 rings (SSSR count). The third kappa shape index (κ3) is 4.43. The fourth-order valence-corrected chi connectivity index (χ4v) is 2.27. The number of amidine groups is 1. The monoisotopic (exact) mass is 300 g/mol. The van der Waals surface area contributed by atoms with Crippen molar-refractivity contribution < 1.29 is 5.11 Å². The molecule has 4 N–H and O–H groups in total. The SMILES string of the molecule is CCCCCN=C(N)CN=Cc1c[nH]c2ccc(CO)cc12. The lowest BCUT2D eigenvalue weighted by Gasteiger charge is -1.98. The molecule has 0 radical (unpaired) electrons. The maximum Gasteiger partial charge on any atom is 0.115 e. The molecule has 0 atom stereocenters. The number of H-pyrrole nitrogens is 1. The number of fused-ring (bicyclic) bond motifs is 1. The highest BCUT2D eigenvalue weighted by Crippen LogP contribution is 2.18. The predicted octanol–water partition coefficient (Wildman–Crippen LogP) is 2.63. The first-order chi connectivity index (χ1) is 10.7. The average Bonchev–Trinajstić information content (AvgIpc) is 2.94. The van der Waals surface area contributed by atoms with Gasteiger partial charge in [-0.3, -0.25) is 9.98 Å². The molecule has 5 heteroatoms. The quantitative estimate of drug-likeness (QED) is 0.397. The van der Waals surface area contributed by atoms with Crippen LogP contribution < -0.4 is 5.73 Å². The normalized spacial score (nSPS) is 12.5. The Morgan fingerprint density at radius 2 is 2.23 bits per heavy atom. The minimum Gasteiger partial charge on any atom is -0.392 e. The van der Waals surface area contributed by atoms with Gasteiger partial charge in [0.05, 0.1) is 13.2 Å². The number of aromatic nitrogens is 1. The van der Waals surface area contributed by atoms with E-state index < -0.39 is 0 Å². The van der Waals surface area contributed by atoms with Gasteiger partial charge in [0.15, 0.2) is 0 Å². The largest absolute Gasteiger partial charge is 0.392 e. The summed E-state index contributed by atoms with van der Waals surface area (Å²) in [4.78, 5) is 11.9. The second kappa shape index (κ2) is 8.34. The van der Waals surface area contributed by atoms with Crippen LogP contribution in [0.25, 0.3) is 10.9 Å². The van der Waals surface area contributed by atoms with E-state index in [9.17, 15) is 5.11 Å². The summed E-state index contributed by atoms with van der Waals surface area (Å²) in [7, 11) is 0. The van der Waals surface area contributed by atoms with E-state index in [2.05, 4.69) is 21.9 Å². The number of hydrogen-bond donors (Lipinski definition) is 3. The molecule has 0 unspecified atom stereocenters. The van der Waals surface area contributed by atoms with Crippen molar-refractivity contribution >= 4 is 23.0 Å². The van der Waals surface area contributed by atoms with Crippen molar-refractivity contribution in [2.75, 3.05) is 13.1 Å². The number of aliphatic hydroxyl groups is 1. The van der Waals surface area contributed by atoms with Crippen molar-refractivity contribution in [1.82, 2.24) is 4.98 Å². The van der Waals surface area contributed by atoms with Gasteiger partial charge in [-0.15, -0.1) is 0 Å². The van der Waals surface area contributed by atoms with Crippen molar-refractivity contribution in [3.05, 3.63) is 35.5 Å². The Hall–Kier alpha value is -2.14. The standard InChI is InChI=1S/C17H24N4O/c1-2-3-4-7-20-17(18)11-19-9-14-10-21-16-6-5-13(12-22)8-15(14)16/h5-6,8-10,21-22H,2-4,7,11-12H2,1H3,(H2,18,20). The van der Waals surface area contributed by atoms with Gasteiger partial charge in [-0.25, -0.2) is 0 Å². The van der Waals surface area contributed by atoms with E-state index in [1.54, 1.807) is 6.21 Å². The number of aromatic amines is 1. The zero-order chi connectivity index (χ0) is 15.8. The Bertz CT molecular complexity index is 658. The molecule has 0 saturated carbocycles. The van der Waals surface area contributed by atoms with Crippen LogP contribution in [0.4, 0.5) is 0 Å². The summed E-state index contributed by atoms with van der Waals surface area (Å²) in [6.45, 7) is 3.40. The molecule has 1 heterocycles. The second-order valence-corrected chi connectivity index (χ2v) is 5.33. The molecule has 0 fully saturated rings. The number of unbranched alkanes of at least 4 members (excludes halogenated alkanes) is 2. The molecule has 0 saturated heterocycles. The summed E-state index contributed by atoms with van der Waals surface area (Å²) in [5.41, 5.74) is 8.75. The number of aliphatic imine (C=N–C) groups is 2. The Balaban J connectivity index is 1.98. The van der Waals surface area contributed by atoms with E-state index in [4.69, 9.17) is 5.73 Å². The summed E-state index contributed by atoms with van der Waals surface area (Å²) in [5.74, 6) is 0.572. The van der Waals surface area contributed by atoms with Gasteiger partial charge >= 0.3 is 0 Å². The summed E-state index contributed by atoms with van der Waals surface area (Å²) in [5, 5.41) is 10.3. The van der Waals surface area contributed by atoms with Gasteiger partial charge in [-0.1, -0.05) is 25.8 Å². The van der Waals surface area contributed by atoms with Crippen LogP contribution in [0.3, 0.4) is 0 Å². The molecule has 0 amide bonds. The molecule has 118 valence electrons. The number of hydrogen-bond acceptors (Lipinski definition) is 3.